The smallest absolute Gasteiger partial charge is 0.122 e. The third kappa shape index (κ3) is 4.00. The van der Waals surface area contributed by atoms with Crippen LogP contribution in [0.1, 0.15) is 24.8 Å². The van der Waals surface area contributed by atoms with E-state index in [1.54, 1.807) is 0 Å². The van der Waals surface area contributed by atoms with Crippen LogP contribution in [0.3, 0.4) is 0 Å². The number of hydrogen-bond donors (Lipinski definition) is 1. The van der Waals surface area contributed by atoms with Crippen molar-refractivity contribution in [2.75, 3.05) is 39.3 Å². The van der Waals surface area contributed by atoms with Gasteiger partial charge < -0.3 is 9.84 Å². The lowest BCUT2D eigenvalue weighted by atomic mass is 10.2. The minimum Gasteiger partial charge on any atom is -0.491 e. The van der Waals surface area contributed by atoms with Crippen LogP contribution >= 0.6 is 0 Å². The minimum absolute atomic E-state index is 0.371. The summed E-state index contributed by atoms with van der Waals surface area (Å²) in [5.41, 5.74) is 1.12. The molecule has 0 amide bonds. The summed E-state index contributed by atoms with van der Waals surface area (Å²) in [5, 5.41) is 10.2. The zero-order valence-corrected chi connectivity index (χ0v) is 13.6. The Labute approximate surface area is 133 Å². The summed E-state index contributed by atoms with van der Waals surface area (Å²) in [6.45, 7) is 7.84. The number of β-amino-alcohol motifs (C(OH)–C–C–N with tert-alkyl or cyclic N) is 1. The molecule has 2 aliphatic heterocycles. The Bertz CT molecular complexity index is 474. The van der Waals surface area contributed by atoms with E-state index in [9.17, 15) is 5.11 Å². The number of rotatable bonds is 6. The van der Waals surface area contributed by atoms with Crippen molar-refractivity contribution in [3.05, 3.63) is 29.8 Å². The molecule has 0 spiro atoms. The van der Waals surface area contributed by atoms with E-state index in [1.165, 1.54) is 32.4 Å². The Balaban J connectivity index is 1.40. The molecule has 0 aromatic heterocycles. The van der Waals surface area contributed by atoms with Crippen LogP contribution in [0.2, 0.25) is 0 Å². The number of benzene rings is 1. The summed E-state index contributed by atoms with van der Waals surface area (Å²) in [7, 11) is 0. The molecule has 2 aliphatic rings. The summed E-state index contributed by atoms with van der Waals surface area (Å²) >= 11 is 0. The van der Waals surface area contributed by atoms with Crippen LogP contribution < -0.4 is 4.74 Å². The van der Waals surface area contributed by atoms with Gasteiger partial charge in [0.2, 0.25) is 0 Å². The van der Waals surface area contributed by atoms with Crippen LogP contribution in [-0.2, 0) is 0 Å². The van der Waals surface area contributed by atoms with Crippen LogP contribution in [0.25, 0.3) is 0 Å². The van der Waals surface area contributed by atoms with Crippen molar-refractivity contribution in [1.82, 2.24) is 9.80 Å². The standard InChI is InChI=1S/C18H28N2O2/c1-15-6-2-3-7-18(15)22-14-17(21)13-19-11-8-16(12-19)20-9-4-5-10-20/h2-3,6-7,16-17,21H,4-5,8-14H2,1H3. The topological polar surface area (TPSA) is 35.9 Å². The average molecular weight is 304 g/mol. The van der Waals surface area contributed by atoms with Gasteiger partial charge in [0, 0.05) is 19.1 Å². The van der Waals surface area contributed by atoms with Crippen molar-refractivity contribution in [2.45, 2.75) is 38.3 Å². The first-order chi connectivity index (χ1) is 10.7. The molecule has 4 heteroatoms. The fourth-order valence-corrected chi connectivity index (χ4v) is 3.64. The van der Waals surface area contributed by atoms with Crippen molar-refractivity contribution in [3.63, 3.8) is 0 Å². The maximum absolute atomic E-state index is 10.2. The van der Waals surface area contributed by atoms with Gasteiger partial charge in [0.15, 0.2) is 0 Å². The van der Waals surface area contributed by atoms with E-state index in [2.05, 4.69) is 9.80 Å². The van der Waals surface area contributed by atoms with Gasteiger partial charge >= 0.3 is 0 Å². The number of aryl methyl sites for hydroxylation is 1. The van der Waals surface area contributed by atoms with Crippen molar-refractivity contribution >= 4 is 0 Å². The number of ether oxygens (including phenoxy) is 1. The Hall–Kier alpha value is -1.10. The molecule has 0 saturated carbocycles. The first-order valence-corrected chi connectivity index (χ1v) is 8.55. The summed E-state index contributed by atoms with van der Waals surface area (Å²) < 4.78 is 5.75. The van der Waals surface area contributed by atoms with Crippen LogP contribution in [0.4, 0.5) is 0 Å². The molecule has 0 bridgehead atoms. The number of likely N-dealkylation sites (tertiary alicyclic amines) is 2. The van der Waals surface area contributed by atoms with Crippen molar-refractivity contribution in [3.8, 4) is 5.75 Å². The summed E-state index contributed by atoms with van der Waals surface area (Å²) in [6, 6.07) is 8.66. The lowest BCUT2D eigenvalue weighted by Crippen LogP contribution is -2.38. The van der Waals surface area contributed by atoms with Crippen molar-refractivity contribution in [2.24, 2.45) is 0 Å². The average Bonchev–Trinajstić information content (AvgIpc) is 3.17. The quantitative estimate of drug-likeness (QED) is 0.871. The van der Waals surface area contributed by atoms with Crippen molar-refractivity contribution < 1.29 is 9.84 Å². The molecule has 1 aromatic rings. The molecule has 22 heavy (non-hydrogen) atoms. The van der Waals surface area contributed by atoms with E-state index < -0.39 is 6.10 Å². The zero-order chi connectivity index (χ0) is 15.4. The summed E-state index contributed by atoms with van der Waals surface area (Å²) in [6.07, 6.45) is 3.52. The predicted octanol–water partition coefficient (Wildman–Crippen LogP) is 1.90. The normalized spacial score (nSPS) is 24.7. The predicted molar refractivity (Wildman–Crippen MR) is 88.3 cm³/mol. The van der Waals surface area contributed by atoms with Gasteiger partial charge in [-0.25, -0.2) is 0 Å². The fraction of sp³-hybridized carbons (Fsp3) is 0.667. The Morgan fingerprint density at radius 3 is 2.77 bits per heavy atom. The number of para-hydroxylation sites is 1. The zero-order valence-electron chi connectivity index (χ0n) is 13.6. The second-order valence-corrected chi connectivity index (χ2v) is 6.68. The minimum atomic E-state index is -0.420. The lowest BCUT2D eigenvalue weighted by Gasteiger charge is -2.24. The molecule has 0 aliphatic carbocycles. The van der Waals surface area contributed by atoms with Gasteiger partial charge in [-0.3, -0.25) is 9.80 Å². The molecule has 1 N–H and O–H groups in total. The number of aliphatic hydroxyl groups is 1. The van der Waals surface area contributed by atoms with Gasteiger partial charge in [-0.2, -0.15) is 0 Å². The number of nitrogens with zero attached hydrogens (tertiary/aromatic N) is 2. The highest BCUT2D eigenvalue weighted by Gasteiger charge is 2.29. The maximum atomic E-state index is 10.2. The summed E-state index contributed by atoms with van der Waals surface area (Å²) in [5.74, 6) is 0.873. The Kier molecular flexibility index (Phi) is 5.34. The van der Waals surface area contributed by atoms with Gasteiger partial charge in [-0.15, -0.1) is 0 Å². The highest BCUT2D eigenvalue weighted by atomic mass is 16.5. The molecule has 2 fully saturated rings. The van der Waals surface area contributed by atoms with E-state index in [0.29, 0.717) is 12.6 Å². The molecule has 3 rings (SSSR count). The molecule has 2 heterocycles. The molecular weight excluding hydrogens is 276 g/mol. The third-order valence-corrected chi connectivity index (χ3v) is 4.90. The van der Waals surface area contributed by atoms with E-state index >= 15 is 0 Å². The maximum Gasteiger partial charge on any atom is 0.122 e. The monoisotopic (exact) mass is 304 g/mol. The molecule has 2 atom stereocenters. The SMILES string of the molecule is Cc1ccccc1OCC(O)CN1CCC(N2CCCC2)C1. The molecule has 122 valence electrons. The molecule has 4 nitrogen and oxygen atoms in total. The van der Waals surface area contributed by atoms with E-state index in [-0.39, 0.29) is 0 Å². The molecule has 0 radical (unpaired) electrons. The van der Waals surface area contributed by atoms with Crippen LogP contribution in [0.15, 0.2) is 24.3 Å². The van der Waals surface area contributed by atoms with Crippen LogP contribution in [0, 0.1) is 6.92 Å². The highest BCUT2D eigenvalue weighted by Crippen LogP contribution is 2.21. The van der Waals surface area contributed by atoms with Crippen LogP contribution in [0.5, 0.6) is 5.75 Å². The molecule has 1 aromatic carbocycles. The lowest BCUT2D eigenvalue weighted by molar-refractivity contribution is 0.0731. The van der Waals surface area contributed by atoms with Gasteiger partial charge in [-0.1, -0.05) is 18.2 Å². The first-order valence-electron chi connectivity index (χ1n) is 8.55. The van der Waals surface area contributed by atoms with Gasteiger partial charge in [0.05, 0.1) is 0 Å². The number of hydrogen-bond acceptors (Lipinski definition) is 4. The van der Waals surface area contributed by atoms with Gasteiger partial charge in [0.25, 0.3) is 0 Å². The Morgan fingerprint density at radius 2 is 2.00 bits per heavy atom. The van der Waals surface area contributed by atoms with Crippen molar-refractivity contribution in [1.29, 1.82) is 0 Å². The van der Waals surface area contributed by atoms with E-state index in [0.717, 1.165) is 30.9 Å². The first kappa shape index (κ1) is 15.8. The Morgan fingerprint density at radius 1 is 1.23 bits per heavy atom. The second-order valence-electron chi connectivity index (χ2n) is 6.68. The van der Waals surface area contributed by atoms with E-state index in [1.807, 2.05) is 31.2 Å². The van der Waals surface area contributed by atoms with Crippen LogP contribution in [-0.4, -0.2) is 66.4 Å². The molecule has 2 saturated heterocycles. The molecular formula is C18H28N2O2. The van der Waals surface area contributed by atoms with E-state index in [4.69, 9.17) is 4.74 Å². The number of aliphatic hydroxyl groups excluding tert-OH is 1. The fourth-order valence-electron chi connectivity index (χ4n) is 3.64. The molecule has 2 unspecified atom stereocenters. The van der Waals surface area contributed by atoms with Gasteiger partial charge in [0.1, 0.15) is 18.5 Å². The third-order valence-electron chi connectivity index (χ3n) is 4.90. The highest BCUT2D eigenvalue weighted by molar-refractivity contribution is 5.31. The second kappa shape index (κ2) is 7.44. The summed E-state index contributed by atoms with van der Waals surface area (Å²) in [4.78, 5) is 5.01. The van der Waals surface area contributed by atoms with Gasteiger partial charge in [-0.05, 0) is 57.5 Å². The largest absolute Gasteiger partial charge is 0.491 e.